The molecule has 0 saturated carbocycles. The van der Waals surface area contributed by atoms with Crippen LogP contribution in [0, 0.1) is 0 Å². The highest BCUT2D eigenvalue weighted by atomic mass is 32.2. The zero-order chi connectivity index (χ0) is 25.1. The maximum atomic E-state index is 12.9. The van der Waals surface area contributed by atoms with Gasteiger partial charge in [-0.15, -0.1) is 0 Å². The van der Waals surface area contributed by atoms with Gasteiger partial charge in [0.1, 0.15) is 0 Å². The normalized spacial score (nSPS) is 13.1. The second kappa shape index (κ2) is 10.5. The van der Waals surface area contributed by atoms with Crippen LogP contribution in [-0.2, 0) is 31.3 Å². The fraction of sp³-hybridized carbons (Fsp3) is 0.333. The van der Waals surface area contributed by atoms with Gasteiger partial charge in [-0.2, -0.15) is 9.30 Å². The Hall–Kier alpha value is -2.42. The Kier molecular flexibility index (Phi) is 8.06. The van der Waals surface area contributed by atoms with Crippen LogP contribution in [0.25, 0.3) is 10.2 Å². The molecule has 0 aliphatic rings. The molecule has 2 aromatic carbocycles. The van der Waals surface area contributed by atoms with Crippen molar-refractivity contribution in [2.45, 2.75) is 30.2 Å². The molecule has 3 aromatic rings. The van der Waals surface area contributed by atoms with Crippen molar-refractivity contribution >= 4 is 47.5 Å². The number of thiazole rings is 1. The lowest BCUT2D eigenvalue weighted by Crippen LogP contribution is -2.30. The summed E-state index contributed by atoms with van der Waals surface area (Å²) in [5.74, 6) is -0.559. The van der Waals surface area contributed by atoms with Crippen molar-refractivity contribution < 1.29 is 26.4 Å². The molecule has 2 N–H and O–H groups in total. The minimum Gasteiger partial charge on any atom is -0.383 e. The molecular weight excluding hydrogens is 500 g/mol. The first-order valence-electron chi connectivity index (χ1n) is 10.4. The van der Waals surface area contributed by atoms with E-state index in [-0.39, 0.29) is 15.4 Å². The van der Waals surface area contributed by atoms with Crippen LogP contribution in [0.15, 0.2) is 57.2 Å². The van der Waals surface area contributed by atoms with Crippen molar-refractivity contribution in [1.82, 2.24) is 8.87 Å². The number of nitrogens with zero attached hydrogens (tertiary/aromatic N) is 3. The Morgan fingerprint density at radius 2 is 1.68 bits per heavy atom. The molecule has 0 unspecified atom stereocenters. The minimum absolute atomic E-state index is 0.0389. The van der Waals surface area contributed by atoms with E-state index in [4.69, 9.17) is 9.88 Å². The topological polar surface area (TPSA) is 141 Å². The molecule has 0 spiro atoms. The van der Waals surface area contributed by atoms with Crippen LogP contribution >= 0.6 is 11.3 Å². The van der Waals surface area contributed by atoms with Gasteiger partial charge < -0.3 is 9.30 Å². The third-order valence-corrected chi connectivity index (χ3v) is 9.16. The number of sulfonamides is 2. The Morgan fingerprint density at radius 1 is 1.06 bits per heavy atom. The highest BCUT2D eigenvalue weighted by molar-refractivity contribution is 7.89. The van der Waals surface area contributed by atoms with Crippen molar-refractivity contribution in [3.8, 4) is 0 Å². The second-order valence-corrected chi connectivity index (χ2v) is 11.7. The van der Waals surface area contributed by atoms with Gasteiger partial charge in [-0.1, -0.05) is 25.2 Å². The maximum Gasteiger partial charge on any atom is 0.279 e. The third kappa shape index (κ3) is 5.45. The highest BCUT2D eigenvalue weighted by Crippen LogP contribution is 2.22. The van der Waals surface area contributed by atoms with E-state index in [0.29, 0.717) is 41.3 Å². The molecule has 0 aliphatic heterocycles. The lowest BCUT2D eigenvalue weighted by molar-refractivity contribution is 0.0997. The molecule has 3 rings (SSSR count). The van der Waals surface area contributed by atoms with Crippen LogP contribution in [0.1, 0.15) is 24.2 Å². The molecule has 0 atom stereocenters. The van der Waals surface area contributed by atoms with Crippen LogP contribution in [0.5, 0.6) is 0 Å². The minimum atomic E-state index is -3.88. The Bertz CT molecular complexity index is 1470. The van der Waals surface area contributed by atoms with Gasteiger partial charge in [-0.05, 0) is 42.5 Å². The van der Waals surface area contributed by atoms with Crippen LogP contribution in [-0.4, -0.2) is 58.4 Å². The molecule has 1 amide bonds. The molecule has 0 saturated heterocycles. The highest BCUT2D eigenvalue weighted by Gasteiger charge is 2.22. The molecule has 1 heterocycles. The average Bonchev–Trinajstić information content (AvgIpc) is 3.13. The first-order valence-corrected chi connectivity index (χ1v) is 14.2. The van der Waals surface area contributed by atoms with Crippen molar-refractivity contribution in [3.63, 3.8) is 0 Å². The molecule has 10 nitrogen and oxygen atoms in total. The molecule has 184 valence electrons. The number of hydrogen-bond donors (Lipinski definition) is 1. The van der Waals surface area contributed by atoms with E-state index in [1.165, 1.54) is 40.7 Å². The Balaban J connectivity index is 2.03. The lowest BCUT2D eigenvalue weighted by atomic mass is 10.2. The first-order chi connectivity index (χ1) is 16.0. The number of benzene rings is 2. The van der Waals surface area contributed by atoms with Crippen molar-refractivity contribution in [1.29, 1.82) is 0 Å². The third-order valence-electron chi connectivity index (χ3n) is 5.14. The predicted molar refractivity (Wildman–Crippen MR) is 130 cm³/mol. The molecule has 0 aliphatic carbocycles. The fourth-order valence-electron chi connectivity index (χ4n) is 3.35. The van der Waals surface area contributed by atoms with Crippen LogP contribution in [0.2, 0.25) is 0 Å². The largest absolute Gasteiger partial charge is 0.383 e. The van der Waals surface area contributed by atoms with Crippen molar-refractivity contribution in [2.24, 2.45) is 10.1 Å². The summed E-state index contributed by atoms with van der Waals surface area (Å²) < 4.78 is 57.6. The second-order valence-electron chi connectivity index (χ2n) is 7.23. The molecule has 34 heavy (non-hydrogen) atoms. The van der Waals surface area contributed by atoms with Crippen LogP contribution in [0.4, 0.5) is 0 Å². The van der Waals surface area contributed by atoms with E-state index in [2.05, 4.69) is 4.99 Å². The maximum absolute atomic E-state index is 12.9. The number of amides is 1. The van der Waals surface area contributed by atoms with Gasteiger partial charge in [0, 0.05) is 32.3 Å². The number of carbonyl (C=O) groups excluding carboxylic acids is 1. The summed E-state index contributed by atoms with van der Waals surface area (Å²) in [4.78, 5) is 17.5. The monoisotopic (exact) mass is 526 g/mol. The van der Waals surface area contributed by atoms with Gasteiger partial charge in [-0.3, -0.25) is 4.79 Å². The zero-order valence-electron chi connectivity index (χ0n) is 19.0. The van der Waals surface area contributed by atoms with Crippen LogP contribution < -0.4 is 9.94 Å². The average molecular weight is 527 g/mol. The van der Waals surface area contributed by atoms with Gasteiger partial charge in [0.25, 0.3) is 5.91 Å². The van der Waals surface area contributed by atoms with E-state index >= 15 is 0 Å². The number of hydrogen-bond acceptors (Lipinski definition) is 7. The summed E-state index contributed by atoms with van der Waals surface area (Å²) in [7, 11) is -5.98. The van der Waals surface area contributed by atoms with E-state index in [1.54, 1.807) is 31.6 Å². The van der Waals surface area contributed by atoms with Crippen molar-refractivity contribution in [3.05, 3.63) is 52.8 Å². The molecular formula is C21H26N4O6S3. The standard InChI is InChI=1S/C21H26N4O6S3/c1-4-24(5-2)34(29,30)16-8-6-15(7-9-16)20(26)23-21-25(12-13-31-3)18-11-10-17(33(22,27)28)14-19(18)32-21/h6-11,14H,4-5,12-13H2,1-3H3,(H2,22,27,28). The summed E-state index contributed by atoms with van der Waals surface area (Å²) in [5.41, 5.74) is 0.904. The van der Waals surface area contributed by atoms with E-state index in [0.717, 1.165) is 11.3 Å². The summed E-state index contributed by atoms with van der Waals surface area (Å²) >= 11 is 1.14. The fourth-order valence-corrected chi connectivity index (χ4v) is 6.51. The number of primary sulfonamides is 1. The van der Waals surface area contributed by atoms with Gasteiger partial charge in [0.15, 0.2) is 4.80 Å². The molecule has 0 fully saturated rings. The number of aromatic nitrogens is 1. The summed E-state index contributed by atoms with van der Waals surface area (Å²) in [6.45, 7) is 4.94. The number of rotatable bonds is 9. The Labute approximate surface area is 202 Å². The summed E-state index contributed by atoms with van der Waals surface area (Å²) in [6, 6.07) is 10.1. The molecule has 0 radical (unpaired) electrons. The van der Waals surface area contributed by atoms with Gasteiger partial charge >= 0.3 is 0 Å². The van der Waals surface area contributed by atoms with E-state index in [1.807, 2.05) is 0 Å². The quantitative estimate of drug-likeness (QED) is 0.450. The predicted octanol–water partition coefficient (Wildman–Crippen LogP) is 1.77. The summed E-state index contributed by atoms with van der Waals surface area (Å²) in [6.07, 6.45) is 0. The van der Waals surface area contributed by atoms with Gasteiger partial charge in [0.05, 0.1) is 26.6 Å². The molecule has 13 heteroatoms. The lowest BCUT2D eigenvalue weighted by Gasteiger charge is -2.18. The van der Waals surface area contributed by atoms with E-state index < -0.39 is 26.0 Å². The smallest absolute Gasteiger partial charge is 0.279 e. The Morgan fingerprint density at radius 3 is 2.24 bits per heavy atom. The SMILES string of the molecule is CCN(CC)S(=O)(=O)c1ccc(C(=O)N=c2sc3cc(S(N)(=O)=O)ccc3n2CCOC)cc1. The van der Waals surface area contributed by atoms with Gasteiger partial charge in [0.2, 0.25) is 20.0 Å². The number of methoxy groups -OCH3 is 1. The number of nitrogens with two attached hydrogens (primary N) is 1. The van der Waals surface area contributed by atoms with Crippen molar-refractivity contribution in [2.75, 3.05) is 26.8 Å². The number of fused-ring (bicyclic) bond motifs is 1. The molecule has 0 bridgehead atoms. The first kappa shape index (κ1) is 26.2. The van der Waals surface area contributed by atoms with E-state index in [9.17, 15) is 21.6 Å². The molecule has 1 aromatic heterocycles. The van der Waals surface area contributed by atoms with Gasteiger partial charge in [-0.25, -0.2) is 22.0 Å². The zero-order valence-corrected chi connectivity index (χ0v) is 21.4. The summed E-state index contributed by atoms with van der Waals surface area (Å²) in [5, 5.41) is 5.24. The number of carbonyl (C=O) groups is 1. The number of ether oxygens (including phenoxy) is 1. The van der Waals surface area contributed by atoms with Crippen LogP contribution in [0.3, 0.4) is 0 Å².